The zero-order valence-corrected chi connectivity index (χ0v) is 17.4. The van der Waals surface area contributed by atoms with E-state index >= 15 is 0 Å². The number of hydrogen-bond donors (Lipinski definition) is 1. The highest BCUT2D eigenvalue weighted by molar-refractivity contribution is 5.83. The van der Waals surface area contributed by atoms with Gasteiger partial charge in [0.2, 0.25) is 0 Å². The second kappa shape index (κ2) is 6.34. The van der Waals surface area contributed by atoms with Crippen LogP contribution in [0.5, 0.6) is 5.75 Å². The molecule has 0 aliphatic carbocycles. The summed E-state index contributed by atoms with van der Waals surface area (Å²) in [7, 11) is 0. The van der Waals surface area contributed by atoms with Crippen LogP contribution >= 0.6 is 0 Å². The van der Waals surface area contributed by atoms with E-state index in [4.69, 9.17) is 4.74 Å². The van der Waals surface area contributed by atoms with Crippen LogP contribution < -0.4 is 0 Å². The Balaban J connectivity index is 2.49. The lowest BCUT2D eigenvalue weighted by atomic mass is 9.76. The number of phenols is 1. The van der Waals surface area contributed by atoms with E-state index in [1.165, 1.54) is 5.56 Å². The SMILES string of the molecule is CC1COC(C(C)(C)Cc2cc(C(C)(C)C)c(O)c(C(C)(C)C)c2)=N1. The Bertz CT molecular complexity index is 637. The summed E-state index contributed by atoms with van der Waals surface area (Å²) in [5, 5.41) is 10.9. The van der Waals surface area contributed by atoms with Gasteiger partial charge in [0.25, 0.3) is 0 Å². The summed E-state index contributed by atoms with van der Waals surface area (Å²) in [6, 6.07) is 4.56. The van der Waals surface area contributed by atoms with Gasteiger partial charge in [0, 0.05) is 5.41 Å². The number of aliphatic imine (C=N–C) groups is 1. The van der Waals surface area contributed by atoms with Crippen molar-refractivity contribution in [3.63, 3.8) is 0 Å². The zero-order chi connectivity index (χ0) is 19.2. The molecule has 0 fully saturated rings. The molecule has 0 radical (unpaired) electrons. The maximum Gasteiger partial charge on any atom is 0.189 e. The monoisotopic (exact) mass is 345 g/mol. The van der Waals surface area contributed by atoms with Gasteiger partial charge in [-0.1, -0.05) is 67.5 Å². The Morgan fingerprint density at radius 3 is 1.84 bits per heavy atom. The number of phenolic OH excluding ortho intramolecular Hbond substituents is 1. The molecule has 0 saturated heterocycles. The second-order valence-corrected chi connectivity index (χ2v) is 10.2. The Labute approximate surface area is 153 Å². The van der Waals surface area contributed by atoms with E-state index in [0.29, 0.717) is 12.4 Å². The third-order valence-electron chi connectivity index (χ3n) is 4.81. The van der Waals surface area contributed by atoms with Gasteiger partial charge in [-0.3, -0.25) is 0 Å². The lowest BCUT2D eigenvalue weighted by molar-refractivity contribution is 0.278. The molecule has 3 heteroatoms. The van der Waals surface area contributed by atoms with Crippen LogP contribution in [0.4, 0.5) is 0 Å². The minimum atomic E-state index is -0.161. The molecule has 1 N–H and O–H groups in total. The predicted octanol–water partition coefficient (Wildman–Crippen LogP) is 5.37. The minimum Gasteiger partial charge on any atom is -0.507 e. The summed E-state index contributed by atoms with van der Waals surface area (Å²) in [5.74, 6) is 1.28. The Hall–Kier alpha value is -1.51. The molecular formula is C22H35NO2. The Morgan fingerprint density at radius 1 is 1.00 bits per heavy atom. The first-order chi connectivity index (χ1) is 11.2. The maximum atomic E-state index is 10.9. The highest BCUT2D eigenvalue weighted by Gasteiger charge is 2.33. The van der Waals surface area contributed by atoms with Gasteiger partial charge in [-0.2, -0.15) is 0 Å². The smallest absolute Gasteiger partial charge is 0.189 e. The van der Waals surface area contributed by atoms with E-state index in [1.54, 1.807) is 0 Å². The molecule has 25 heavy (non-hydrogen) atoms. The quantitative estimate of drug-likeness (QED) is 0.800. The first kappa shape index (κ1) is 19.8. The summed E-state index contributed by atoms with van der Waals surface area (Å²) < 4.78 is 5.82. The van der Waals surface area contributed by atoms with Crippen LogP contribution in [0, 0.1) is 5.41 Å². The standard InChI is InChI=1S/C22H35NO2/c1-14-13-25-19(23-14)22(8,9)12-15-10-16(20(2,3)4)18(24)17(11-15)21(5,6)7/h10-11,14,24H,12-13H2,1-9H3. The number of rotatable bonds is 3. The molecule has 140 valence electrons. The number of aromatic hydroxyl groups is 1. The molecule has 0 spiro atoms. The third-order valence-corrected chi connectivity index (χ3v) is 4.81. The van der Waals surface area contributed by atoms with Crippen LogP contribution in [-0.2, 0) is 22.0 Å². The summed E-state index contributed by atoms with van der Waals surface area (Å²) in [5.41, 5.74) is 2.86. The molecule has 1 aromatic carbocycles. The molecule has 0 bridgehead atoms. The van der Waals surface area contributed by atoms with Crippen LogP contribution in [0.3, 0.4) is 0 Å². The van der Waals surface area contributed by atoms with E-state index < -0.39 is 0 Å². The Morgan fingerprint density at radius 2 is 1.48 bits per heavy atom. The average molecular weight is 346 g/mol. The van der Waals surface area contributed by atoms with Crippen molar-refractivity contribution in [3.05, 3.63) is 28.8 Å². The molecule has 1 aromatic rings. The fourth-order valence-electron chi connectivity index (χ4n) is 3.37. The first-order valence-corrected chi connectivity index (χ1v) is 9.30. The van der Waals surface area contributed by atoms with Crippen molar-refractivity contribution in [1.29, 1.82) is 0 Å². The molecule has 1 aliphatic heterocycles. The van der Waals surface area contributed by atoms with Gasteiger partial charge in [0.15, 0.2) is 5.90 Å². The minimum absolute atomic E-state index is 0.111. The predicted molar refractivity (Wildman–Crippen MR) is 106 cm³/mol. The van der Waals surface area contributed by atoms with Gasteiger partial charge >= 0.3 is 0 Å². The van der Waals surface area contributed by atoms with Crippen molar-refractivity contribution in [3.8, 4) is 5.75 Å². The summed E-state index contributed by atoms with van der Waals surface area (Å²) in [6.45, 7) is 20.0. The van der Waals surface area contributed by atoms with Gasteiger partial charge in [-0.05, 0) is 40.9 Å². The van der Waals surface area contributed by atoms with Crippen molar-refractivity contribution in [2.45, 2.75) is 85.6 Å². The molecule has 0 saturated carbocycles. The molecule has 2 rings (SSSR count). The van der Waals surface area contributed by atoms with E-state index in [1.807, 2.05) is 0 Å². The Kier molecular flexibility index (Phi) is 5.02. The normalized spacial score (nSPS) is 18.9. The van der Waals surface area contributed by atoms with Crippen LogP contribution in [0.1, 0.15) is 79.0 Å². The van der Waals surface area contributed by atoms with Gasteiger partial charge < -0.3 is 9.84 Å². The number of hydrogen-bond acceptors (Lipinski definition) is 3. The van der Waals surface area contributed by atoms with Gasteiger partial charge in [-0.15, -0.1) is 0 Å². The number of benzene rings is 1. The summed E-state index contributed by atoms with van der Waals surface area (Å²) in [4.78, 5) is 4.66. The van der Waals surface area contributed by atoms with Crippen LogP contribution in [0.2, 0.25) is 0 Å². The molecule has 0 aromatic heterocycles. The van der Waals surface area contributed by atoms with Gasteiger partial charge in [-0.25, -0.2) is 4.99 Å². The van der Waals surface area contributed by atoms with Crippen molar-refractivity contribution < 1.29 is 9.84 Å². The maximum absolute atomic E-state index is 10.9. The molecule has 0 amide bonds. The average Bonchev–Trinajstić information content (AvgIpc) is 2.85. The van der Waals surface area contributed by atoms with Crippen LogP contribution in [-0.4, -0.2) is 23.7 Å². The van der Waals surface area contributed by atoms with Gasteiger partial charge in [0.05, 0.1) is 6.04 Å². The van der Waals surface area contributed by atoms with E-state index in [-0.39, 0.29) is 22.3 Å². The lowest BCUT2D eigenvalue weighted by Gasteiger charge is -2.30. The van der Waals surface area contributed by atoms with E-state index in [0.717, 1.165) is 23.4 Å². The molecule has 1 unspecified atom stereocenters. The highest BCUT2D eigenvalue weighted by atomic mass is 16.5. The van der Waals surface area contributed by atoms with Crippen molar-refractivity contribution >= 4 is 5.90 Å². The van der Waals surface area contributed by atoms with Crippen LogP contribution in [0.25, 0.3) is 0 Å². The molecule has 1 heterocycles. The summed E-state index contributed by atoms with van der Waals surface area (Å²) >= 11 is 0. The zero-order valence-electron chi connectivity index (χ0n) is 17.4. The van der Waals surface area contributed by atoms with E-state index in [9.17, 15) is 5.11 Å². The molecular weight excluding hydrogens is 310 g/mol. The largest absolute Gasteiger partial charge is 0.507 e. The van der Waals surface area contributed by atoms with Crippen molar-refractivity contribution in [2.24, 2.45) is 10.4 Å². The summed E-state index contributed by atoms with van der Waals surface area (Å²) in [6.07, 6.45) is 0.838. The van der Waals surface area contributed by atoms with Gasteiger partial charge in [0.1, 0.15) is 12.4 Å². The highest BCUT2D eigenvalue weighted by Crippen LogP contribution is 2.41. The third kappa shape index (κ3) is 4.37. The van der Waals surface area contributed by atoms with Crippen molar-refractivity contribution in [2.75, 3.05) is 6.61 Å². The molecule has 3 nitrogen and oxygen atoms in total. The first-order valence-electron chi connectivity index (χ1n) is 9.30. The lowest BCUT2D eigenvalue weighted by Crippen LogP contribution is -2.28. The topological polar surface area (TPSA) is 41.8 Å². The number of ether oxygens (including phenoxy) is 1. The van der Waals surface area contributed by atoms with E-state index in [2.05, 4.69) is 79.4 Å². The second-order valence-electron chi connectivity index (χ2n) is 10.2. The molecule has 1 aliphatic rings. The van der Waals surface area contributed by atoms with Crippen molar-refractivity contribution in [1.82, 2.24) is 0 Å². The fraction of sp³-hybridized carbons (Fsp3) is 0.682. The molecule has 1 atom stereocenters. The fourth-order valence-corrected chi connectivity index (χ4v) is 3.37. The number of nitrogens with zero attached hydrogens (tertiary/aromatic N) is 1. The van der Waals surface area contributed by atoms with Crippen LogP contribution in [0.15, 0.2) is 17.1 Å².